The third-order valence-electron chi connectivity index (χ3n) is 4.98. The highest BCUT2D eigenvalue weighted by Crippen LogP contribution is 2.31. The van der Waals surface area contributed by atoms with Crippen LogP contribution in [0.3, 0.4) is 0 Å². The maximum atomic E-state index is 13.0. The third-order valence-corrected chi connectivity index (χ3v) is 5.86. The van der Waals surface area contributed by atoms with Gasteiger partial charge in [-0.2, -0.15) is 0 Å². The molecule has 0 aliphatic rings. The highest BCUT2D eigenvalue weighted by Gasteiger charge is 2.26. The van der Waals surface area contributed by atoms with Gasteiger partial charge in [-0.25, -0.2) is 4.98 Å². The van der Waals surface area contributed by atoms with Gasteiger partial charge in [0.25, 0.3) is 5.91 Å². The van der Waals surface area contributed by atoms with Crippen molar-refractivity contribution < 1.29 is 19.1 Å². The van der Waals surface area contributed by atoms with Crippen molar-refractivity contribution in [3.05, 3.63) is 59.0 Å². The number of carbonyl (C=O) groups excluding carboxylic acids is 2. The molecule has 3 aromatic rings. The molecule has 2 N–H and O–H groups in total. The Morgan fingerprint density at radius 3 is 2.03 bits per heavy atom. The van der Waals surface area contributed by atoms with Crippen molar-refractivity contribution in [3.8, 4) is 22.8 Å². The van der Waals surface area contributed by atoms with E-state index in [0.717, 1.165) is 21.9 Å². The summed E-state index contributed by atoms with van der Waals surface area (Å²) in [6.45, 7) is 5.72. The maximum absolute atomic E-state index is 13.0. The van der Waals surface area contributed by atoms with E-state index in [2.05, 4.69) is 15.6 Å². The van der Waals surface area contributed by atoms with Gasteiger partial charge in [-0.15, -0.1) is 11.3 Å². The predicted molar refractivity (Wildman–Crippen MR) is 127 cm³/mol. The fourth-order valence-corrected chi connectivity index (χ4v) is 3.99. The molecular weight excluding hydrogens is 426 g/mol. The monoisotopic (exact) mass is 453 g/mol. The van der Waals surface area contributed by atoms with Gasteiger partial charge in [0.2, 0.25) is 5.91 Å². The lowest BCUT2D eigenvalue weighted by Crippen LogP contribution is -2.47. The minimum absolute atomic E-state index is 0.112. The van der Waals surface area contributed by atoms with Gasteiger partial charge in [0.1, 0.15) is 17.5 Å². The maximum Gasteiger partial charge on any atom is 0.251 e. The number of hydrogen-bond acceptors (Lipinski definition) is 6. The van der Waals surface area contributed by atoms with Crippen molar-refractivity contribution >= 4 is 28.3 Å². The summed E-state index contributed by atoms with van der Waals surface area (Å²) in [5, 5.41) is 6.18. The molecule has 1 atom stereocenters. The smallest absolute Gasteiger partial charge is 0.251 e. The molecule has 0 aliphatic heterocycles. The quantitative estimate of drug-likeness (QED) is 0.523. The van der Waals surface area contributed by atoms with Crippen molar-refractivity contribution in [2.45, 2.75) is 26.8 Å². The SMILES string of the molecule is COc1ccc(C(=O)N[C@H](C(=O)Nc2nc(-c3ccc(OC)cc3)c(C)s2)C(C)C)cc1. The Balaban J connectivity index is 1.72. The van der Waals surface area contributed by atoms with E-state index in [9.17, 15) is 9.59 Å². The number of aromatic nitrogens is 1. The molecule has 3 rings (SSSR count). The van der Waals surface area contributed by atoms with Crippen LogP contribution in [0.4, 0.5) is 5.13 Å². The topological polar surface area (TPSA) is 89.5 Å². The Bertz CT molecular complexity index is 1080. The zero-order chi connectivity index (χ0) is 23.3. The van der Waals surface area contributed by atoms with Gasteiger partial charge in [-0.05, 0) is 61.4 Å². The van der Waals surface area contributed by atoms with Crippen LogP contribution >= 0.6 is 11.3 Å². The summed E-state index contributed by atoms with van der Waals surface area (Å²) in [4.78, 5) is 31.2. The van der Waals surface area contributed by atoms with Gasteiger partial charge in [-0.3, -0.25) is 9.59 Å². The molecule has 2 aromatic carbocycles. The molecule has 2 amide bonds. The minimum Gasteiger partial charge on any atom is -0.497 e. The number of rotatable bonds is 8. The molecular formula is C24H27N3O4S. The zero-order valence-electron chi connectivity index (χ0n) is 18.8. The van der Waals surface area contributed by atoms with E-state index in [1.54, 1.807) is 38.5 Å². The molecule has 1 heterocycles. The lowest BCUT2D eigenvalue weighted by Gasteiger charge is -2.21. The number of methoxy groups -OCH3 is 2. The average Bonchev–Trinajstić information content (AvgIpc) is 3.16. The van der Waals surface area contributed by atoms with E-state index in [0.29, 0.717) is 16.4 Å². The Labute approximate surface area is 191 Å². The summed E-state index contributed by atoms with van der Waals surface area (Å²) in [5.74, 6) is 0.681. The molecule has 1 aromatic heterocycles. The van der Waals surface area contributed by atoms with Crippen molar-refractivity contribution in [2.24, 2.45) is 5.92 Å². The van der Waals surface area contributed by atoms with Crippen LogP contribution in [-0.4, -0.2) is 37.1 Å². The first kappa shape index (κ1) is 23.3. The van der Waals surface area contributed by atoms with Crippen molar-refractivity contribution in [2.75, 3.05) is 19.5 Å². The summed E-state index contributed by atoms with van der Waals surface area (Å²) < 4.78 is 10.3. The largest absolute Gasteiger partial charge is 0.497 e. The standard InChI is InChI=1S/C24H27N3O4S/c1-14(2)20(25-22(28)17-8-12-19(31-5)13-9-17)23(29)27-24-26-21(15(3)32-24)16-6-10-18(30-4)11-7-16/h6-14,20H,1-5H3,(H,25,28)(H,26,27,29)/t20-/m0/s1. The van der Waals surface area contributed by atoms with E-state index in [1.165, 1.54) is 11.3 Å². The lowest BCUT2D eigenvalue weighted by atomic mass is 10.0. The number of aryl methyl sites for hydroxylation is 1. The molecule has 0 unspecified atom stereocenters. The highest BCUT2D eigenvalue weighted by atomic mass is 32.1. The Kier molecular flexibility index (Phi) is 7.48. The van der Waals surface area contributed by atoms with E-state index < -0.39 is 6.04 Å². The Morgan fingerprint density at radius 2 is 1.50 bits per heavy atom. The van der Waals surface area contributed by atoms with E-state index in [-0.39, 0.29) is 17.7 Å². The fourth-order valence-electron chi connectivity index (χ4n) is 3.15. The average molecular weight is 454 g/mol. The molecule has 0 saturated heterocycles. The second-order valence-electron chi connectivity index (χ2n) is 7.57. The lowest BCUT2D eigenvalue weighted by molar-refractivity contribution is -0.118. The van der Waals surface area contributed by atoms with Gasteiger partial charge >= 0.3 is 0 Å². The molecule has 8 heteroatoms. The van der Waals surface area contributed by atoms with Crippen molar-refractivity contribution in [1.29, 1.82) is 0 Å². The number of nitrogens with one attached hydrogen (secondary N) is 2. The first-order valence-corrected chi connectivity index (χ1v) is 11.0. The Morgan fingerprint density at radius 1 is 0.938 bits per heavy atom. The first-order chi connectivity index (χ1) is 15.3. The van der Waals surface area contributed by atoms with Crippen LogP contribution in [0.15, 0.2) is 48.5 Å². The second kappa shape index (κ2) is 10.3. The molecule has 0 spiro atoms. The summed E-state index contributed by atoms with van der Waals surface area (Å²) in [5.41, 5.74) is 2.20. The molecule has 32 heavy (non-hydrogen) atoms. The molecule has 0 saturated carbocycles. The van der Waals surface area contributed by atoms with E-state index in [4.69, 9.17) is 9.47 Å². The van der Waals surface area contributed by atoms with Crippen LogP contribution in [0, 0.1) is 12.8 Å². The van der Waals surface area contributed by atoms with E-state index >= 15 is 0 Å². The normalized spacial score (nSPS) is 11.7. The predicted octanol–water partition coefficient (Wildman–Crippen LogP) is 4.53. The van der Waals surface area contributed by atoms with Gasteiger partial charge in [-0.1, -0.05) is 13.8 Å². The first-order valence-electron chi connectivity index (χ1n) is 10.2. The summed E-state index contributed by atoms with van der Waals surface area (Å²) in [6.07, 6.45) is 0. The number of nitrogens with zero attached hydrogens (tertiary/aromatic N) is 1. The number of hydrogen-bond donors (Lipinski definition) is 2. The van der Waals surface area contributed by atoms with Crippen LogP contribution in [0.2, 0.25) is 0 Å². The molecule has 0 radical (unpaired) electrons. The number of amides is 2. The van der Waals surface area contributed by atoms with Crippen LogP contribution in [0.1, 0.15) is 29.1 Å². The molecule has 168 valence electrons. The molecule has 7 nitrogen and oxygen atoms in total. The van der Waals surface area contributed by atoms with Crippen LogP contribution in [0.5, 0.6) is 11.5 Å². The minimum atomic E-state index is -0.710. The Hall–Kier alpha value is -3.39. The summed E-state index contributed by atoms with van der Waals surface area (Å²) in [6, 6.07) is 13.6. The van der Waals surface area contributed by atoms with Gasteiger partial charge < -0.3 is 20.1 Å². The third kappa shape index (κ3) is 5.45. The van der Waals surface area contributed by atoms with Gasteiger partial charge in [0.05, 0.1) is 19.9 Å². The van der Waals surface area contributed by atoms with Crippen LogP contribution < -0.4 is 20.1 Å². The number of anilines is 1. The summed E-state index contributed by atoms with van der Waals surface area (Å²) >= 11 is 1.40. The van der Waals surface area contributed by atoms with Crippen molar-refractivity contribution in [3.63, 3.8) is 0 Å². The molecule has 0 aliphatic carbocycles. The van der Waals surface area contributed by atoms with Crippen LogP contribution in [0.25, 0.3) is 11.3 Å². The highest BCUT2D eigenvalue weighted by molar-refractivity contribution is 7.16. The number of ether oxygens (including phenoxy) is 2. The van der Waals surface area contributed by atoms with Gasteiger partial charge in [0.15, 0.2) is 5.13 Å². The molecule has 0 bridgehead atoms. The second-order valence-corrected chi connectivity index (χ2v) is 8.77. The molecule has 0 fully saturated rings. The van der Waals surface area contributed by atoms with Crippen LogP contribution in [-0.2, 0) is 4.79 Å². The fraction of sp³-hybridized carbons (Fsp3) is 0.292. The zero-order valence-corrected chi connectivity index (χ0v) is 19.6. The number of carbonyl (C=O) groups is 2. The summed E-state index contributed by atoms with van der Waals surface area (Å²) in [7, 11) is 3.18. The van der Waals surface area contributed by atoms with E-state index in [1.807, 2.05) is 45.0 Å². The number of thiazole rings is 1. The van der Waals surface area contributed by atoms with Crippen molar-refractivity contribution in [1.82, 2.24) is 10.3 Å². The van der Waals surface area contributed by atoms with Gasteiger partial charge in [0, 0.05) is 16.0 Å². The number of benzene rings is 2.